The lowest BCUT2D eigenvalue weighted by Gasteiger charge is -2.15. The van der Waals surface area contributed by atoms with Crippen molar-refractivity contribution in [1.82, 2.24) is 5.32 Å². The van der Waals surface area contributed by atoms with Crippen LogP contribution in [0.25, 0.3) is 0 Å². The van der Waals surface area contributed by atoms with Gasteiger partial charge in [0.1, 0.15) is 5.82 Å². The van der Waals surface area contributed by atoms with Crippen molar-refractivity contribution in [3.63, 3.8) is 0 Å². The summed E-state index contributed by atoms with van der Waals surface area (Å²) < 4.78 is 13.5. The Morgan fingerprint density at radius 2 is 2.00 bits per heavy atom. The van der Waals surface area contributed by atoms with Gasteiger partial charge in [0.2, 0.25) is 0 Å². The molecular weight excluding hydrogens is 271 g/mol. The Kier molecular flexibility index (Phi) is 4.65. The van der Waals surface area contributed by atoms with Gasteiger partial charge in [-0.3, -0.25) is 10.1 Å². The largest absolute Gasteiger partial charge is 0.306 e. The van der Waals surface area contributed by atoms with Crippen molar-refractivity contribution in [3.05, 3.63) is 75.1 Å². The molecule has 0 aliphatic rings. The highest BCUT2D eigenvalue weighted by Gasteiger charge is 2.14. The second-order valence-electron chi connectivity index (χ2n) is 5.00. The van der Waals surface area contributed by atoms with Crippen LogP contribution >= 0.6 is 0 Å². The highest BCUT2D eigenvalue weighted by atomic mass is 19.1. The van der Waals surface area contributed by atoms with E-state index in [-0.39, 0.29) is 22.5 Å². The molecule has 0 radical (unpaired) electrons. The van der Waals surface area contributed by atoms with Crippen molar-refractivity contribution in [2.24, 2.45) is 0 Å². The molecule has 0 fully saturated rings. The van der Waals surface area contributed by atoms with Crippen molar-refractivity contribution >= 4 is 5.69 Å². The molecule has 5 heteroatoms. The lowest BCUT2D eigenvalue weighted by Crippen LogP contribution is -2.19. The molecule has 21 heavy (non-hydrogen) atoms. The van der Waals surface area contributed by atoms with Gasteiger partial charge >= 0.3 is 0 Å². The smallest absolute Gasteiger partial charge is 0.272 e. The molecule has 0 spiro atoms. The molecule has 0 aromatic heterocycles. The van der Waals surface area contributed by atoms with E-state index in [0.717, 1.165) is 5.56 Å². The normalized spacial score (nSPS) is 12.1. The standard InChI is InChI=1S/C16H17FN2O2/c1-11-7-8-13(9-16(11)19(20)21)12(2)18-10-14-5-3-4-6-15(14)17/h3-9,12,18H,10H2,1-2H3. The fourth-order valence-electron chi connectivity index (χ4n) is 2.12. The zero-order valence-electron chi connectivity index (χ0n) is 12.0. The predicted octanol–water partition coefficient (Wildman–Crippen LogP) is 3.89. The molecule has 1 unspecified atom stereocenters. The Labute approximate surface area is 122 Å². The van der Waals surface area contributed by atoms with Gasteiger partial charge in [0, 0.05) is 29.8 Å². The first kappa shape index (κ1) is 15.1. The summed E-state index contributed by atoms with van der Waals surface area (Å²) in [7, 11) is 0. The molecule has 4 nitrogen and oxygen atoms in total. The van der Waals surface area contributed by atoms with Crippen molar-refractivity contribution in [2.45, 2.75) is 26.4 Å². The number of nitro benzene ring substituents is 1. The fraction of sp³-hybridized carbons (Fsp3) is 0.250. The van der Waals surface area contributed by atoms with E-state index in [1.807, 2.05) is 13.0 Å². The minimum absolute atomic E-state index is 0.104. The Morgan fingerprint density at radius 1 is 1.29 bits per heavy atom. The van der Waals surface area contributed by atoms with Crippen LogP contribution in [0.1, 0.15) is 29.7 Å². The molecule has 0 bridgehead atoms. The van der Waals surface area contributed by atoms with Gasteiger partial charge in [-0.15, -0.1) is 0 Å². The van der Waals surface area contributed by atoms with Crippen molar-refractivity contribution in [2.75, 3.05) is 0 Å². The van der Waals surface area contributed by atoms with Gasteiger partial charge in [-0.25, -0.2) is 4.39 Å². The van der Waals surface area contributed by atoms with Crippen LogP contribution in [-0.4, -0.2) is 4.92 Å². The van der Waals surface area contributed by atoms with E-state index in [1.54, 1.807) is 37.3 Å². The van der Waals surface area contributed by atoms with E-state index in [1.165, 1.54) is 6.07 Å². The lowest BCUT2D eigenvalue weighted by molar-refractivity contribution is -0.385. The molecule has 0 saturated carbocycles. The third kappa shape index (κ3) is 3.64. The maximum absolute atomic E-state index is 13.5. The van der Waals surface area contributed by atoms with Crippen LogP contribution in [0.4, 0.5) is 10.1 Å². The van der Waals surface area contributed by atoms with E-state index >= 15 is 0 Å². The van der Waals surface area contributed by atoms with Crippen molar-refractivity contribution in [1.29, 1.82) is 0 Å². The Bertz CT molecular complexity index is 658. The van der Waals surface area contributed by atoms with Crippen LogP contribution in [0, 0.1) is 22.9 Å². The maximum atomic E-state index is 13.5. The second-order valence-corrected chi connectivity index (χ2v) is 5.00. The summed E-state index contributed by atoms with van der Waals surface area (Å²) in [5.41, 5.74) is 2.12. The maximum Gasteiger partial charge on any atom is 0.272 e. The Morgan fingerprint density at radius 3 is 2.67 bits per heavy atom. The number of benzene rings is 2. The number of nitrogens with one attached hydrogen (secondary N) is 1. The Balaban J connectivity index is 2.10. The monoisotopic (exact) mass is 288 g/mol. The molecule has 0 aliphatic heterocycles. The number of aryl methyl sites for hydroxylation is 1. The highest BCUT2D eigenvalue weighted by Crippen LogP contribution is 2.23. The molecule has 110 valence electrons. The van der Waals surface area contributed by atoms with Gasteiger partial charge in [-0.1, -0.05) is 30.3 Å². The first-order valence-corrected chi connectivity index (χ1v) is 6.70. The molecule has 2 aromatic carbocycles. The first-order chi connectivity index (χ1) is 9.99. The summed E-state index contributed by atoms with van der Waals surface area (Å²) >= 11 is 0. The summed E-state index contributed by atoms with van der Waals surface area (Å²) in [4.78, 5) is 10.6. The zero-order valence-corrected chi connectivity index (χ0v) is 12.0. The van der Waals surface area contributed by atoms with Gasteiger partial charge in [0.05, 0.1) is 4.92 Å². The minimum Gasteiger partial charge on any atom is -0.306 e. The Hall–Kier alpha value is -2.27. The fourth-order valence-corrected chi connectivity index (χ4v) is 2.12. The van der Waals surface area contributed by atoms with Crippen molar-refractivity contribution in [3.8, 4) is 0 Å². The summed E-state index contributed by atoms with van der Waals surface area (Å²) in [5.74, 6) is -0.257. The number of halogens is 1. The summed E-state index contributed by atoms with van der Waals surface area (Å²) in [6.45, 7) is 3.98. The third-order valence-corrected chi connectivity index (χ3v) is 3.49. The SMILES string of the molecule is Cc1ccc(C(C)NCc2ccccc2F)cc1[N+](=O)[O-]. The quantitative estimate of drug-likeness (QED) is 0.670. The van der Waals surface area contributed by atoms with E-state index in [4.69, 9.17) is 0 Å². The van der Waals surface area contributed by atoms with E-state index in [0.29, 0.717) is 17.7 Å². The molecule has 2 rings (SSSR count). The van der Waals surface area contributed by atoms with Gasteiger partial charge in [-0.05, 0) is 25.5 Å². The van der Waals surface area contributed by atoms with Crippen molar-refractivity contribution < 1.29 is 9.31 Å². The number of hydrogen-bond acceptors (Lipinski definition) is 3. The highest BCUT2D eigenvalue weighted by molar-refractivity contribution is 5.43. The molecule has 0 heterocycles. The van der Waals surface area contributed by atoms with Crippen LogP contribution in [0.5, 0.6) is 0 Å². The van der Waals surface area contributed by atoms with E-state index in [9.17, 15) is 14.5 Å². The van der Waals surface area contributed by atoms with E-state index < -0.39 is 0 Å². The van der Waals surface area contributed by atoms with Crippen LogP contribution in [0.3, 0.4) is 0 Å². The van der Waals surface area contributed by atoms with E-state index in [2.05, 4.69) is 5.32 Å². The second kappa shape index (κ2) is 6.45. The number of rotatable bonds is 5. The summed E-state index contributed by atoms with van der Waals surface area (Å²) in [6, 6.07) is 11.6. The van der Waals surface area contributed by atoms with Crippen LogP contribution < -0.4 is 5.32 Å². The minimum atomic E-state index is -0.386. The summed E-state index contributed by atoms with van der Waals surface area (Å²) in [6.07, 6.45) is 0. The average Bonchev–Trinajstić information content (AvgIpc) is 2.46. The molecule has 0 aliphatic carbocycles. The molecule has 0 amide bonds. The number of hydrogen-bond donors (Lipinski definition) is 1. The third-order valence-electron chi connectivity index (χ3n) is 3.49. The lowest BCUT2D eigenvalue weighted by atomic mass is 10.0. The number of nitro groups is 1. The average molecular weight is 288 g/mol. The molecule has 1 N–H and O–H groups in total. The topological polar surface area (TPSA) is 55.2 Å². The zero-order chi connectivity index (χ0) is 15.4. The van der Waals surface area contributed by atoms with Gasteiger partial charge in [0.15, 0.2) is 0 Å². The van der Waals surface area contributed by atoms with Gasteiger partial charge < -0.3 is 5.32 Å². The molecular formula is C16H17FN2O2. The molecule has 1 atom stereocenters. The van der Waals surface area contributed by atoms with Crippen LogP contribution in [0.2, 0.25) is 0 Å². The molecule has 2 aromatic rings. The first-order valence-electron chi connectivity index (χ1n) is 6.70. The predicted molar refractivity (Wildman–Crippen MR) is 79.5 cm³/mol. The van der Waals surface area contributed by atoms with Gasteiger partial charge in [-0.2, -0.15) is 0 Å². The molecule has 0 saturated heterocycles. The van der Waals surface area contributed by atoms with Gasteiger partial charge in [0.25, 0.3) is 5.69 Å². The summed E-state index contributed by atoms with van der Waals surface area (Å²) in [5, 5.41) is 14.1. The number of nitrogens with zero attached hydrogens (tertiary/aromatic N) is 1. The van der Waals surface area contributed by atoms with Crippen LogP contribution in [0.15, 0.2) is 42.5 Å². The van der Waals surface area contributed by atoms with Crippen LogP contribution in [-0.2, 0) is 6.54 Å².